The third kappa shape index (κ3) is 3.82. The van der Waals surface area contributed by atoms with Crippen molar-refractivity contribution in [2.24, 2.45) is 0 Å². The molecule has 132 valence electrons. The molecule has 0 saturated carbocycles. The summed E-state index contributed by atoms with van der Waals surface area (Å²) in [5.74, 6) is -0.337. The van der Waals surface area contributed by atoms with Gasteiger partial charge in [-0.3, -0.25) is 0 Å². The maximum absolute atomic E-state index is 12.0. The largest absolute Gasteiger partial charge is 0.495 e. The van der Waals surface area contributed by atoms with E-state index in [1.807, 2.05) is 40.7 Å². The van der Waals surface area contributed by atoms with Crippen molar-refractivity contribution in [1.29, 1.82) is 0 Å². The Morgan fingerprint density at radius 1 is 1.08 bits per heavy atom. The number of ether oxygens (including phenoxy) is 2. The molecule has 0 N–H and O–H groups in total. The number of rotatable bonds is 6. The minimum absolute atomic E-state index is 0.337. The zero-order chi connectivity index (χ0) is 18.0. The first kappa shape index (κ1) is 19.0. The maximum atomic E-state index is 12.0. The van der Waals surface area contributed by atoms with E-state index in [2.05, 4.69) is 0 Å². The number of carbonyl (C=O) groups is 1. The highest BCUT2D eigenvalue weighted by molar-refractivity contribution is 6.62. The van der Waals surface area contributed by atoms with E-state index in [1.165, 1.54) is 0 Å². The van der Waals surface area contributed by atoms with Gasteiger partial charge in [0.05, 0.1) is 30.0 Å². The van der Waals surface area contributed by atoms with E-state index in [0.717, 1.165) is 11.0 Å². The lowest BCUT2D eigenvalue weighted by atomic mass is 9.75. The summed E-state index contributed by atoms with van der Waals surface area (Å²) in [6, 6.07) is 5.41. The SMILES string of the molecule is CCOCc1cc(C(=O)OCC)ccc1B1OC(C)(C)C(C)(C)O1. The molecule has 1 aliphatic heterocycles. The minimum Gasteiger partial charge on any atom is -0.462 e. The Balaban J connectivity index is 2.34. The van der Waals surface area contributed by atoms with Gasteiger partial charge in [-0.1, -0.05) is 6.07 Å². The zero-order valence-corrected chi connectivity index (χ0v) is 15.5. The van der Waals surface area contributed by atoms with E-state index in [0.29, 0.717) is 25.4 Å². The van der Waals surface area contributed by atoms with Crippen molar-refractivity contribution in [3.05, 3.63) is 29.3 Å². The highest BCUT2D eigenvalue weighted by atomic mass is 16.7. The first-order chi connectivity index (χ1) is 11.2. The van der Waals surface area contributed by atoms with Gasteiger partial charge < -0.3 is 18.8 Å². The lowest BCUT2D eigenvalue weighted by Gasteiger charge is -2.32. The van der Waals surface area contributed by atoms with Crippen molar-refractivity contribution in [1.82, 2.24) is 0 Å². The van der Waals surface area contributed by atoms with E-state index in [4.69, 9.17) is 18.8 Å². The summed E-state index contributed by atoms with van der Waals surface area (Å²) < 4.78 is 22.9. The second-order valence-electron chi connectivity index (χ2n) is 6.86. The first-order valence-electron chi connectivity index (χ1n) is 8.45. The topological polar surface area (TPSA) is 54.0 Å². The summed E-state index contributed by atoms with van der Waals surface area (Å²) in [5, 5.41) is 0. The summed E-state index contributed by atoms with van der Waals surface area (Å²) in [6.45, 7) is 13.1. The van der Waals surface area contributed by atoms with E-state index in [-0.39, 0.29) is 5.97 Å². The van der Waals surface area contributed by atoms with E-state index < -0.39 is 18.3 Å². The summed E-state index contributed by atoms with van der Waals surface area (Å²) in [4.78, 5) is 12.0. The molecule has 0 amide bonds. The van der Waals surface area contributed by atoms with Gasteiger partial charge in [-0.05, 0) is 64.7 Å². The number of hydrogen-bond donors (Lipinski definition) is 0. The molecule has 1 aromatic carbocycles. The van der Waals surface area contributed by atoms with Crippen LogP contribution in [0, 0.1) is 0 Å². The van der Waals surface area contributed by atoms with Crippen LogP contribution in [0.1, 0.15) is 57.5 Å². The molecule has 1 saturated heterocycles. The van der Waals surface area contributed by atoms with Crippen LogP contribution < -0.4 is 5.46 Å². The monoisotopic (exact) mass is 334 g/mol. The standard InChI is InChI=1S/C18H27BO5/c1-7-21-12-14-11-13(16(20)22-8-2)9-10-15(14)19-23-17(3,4)18(5,6)24-19/h9-11H,7-8,12H2,1-6H3. The van der Waals surface area contributed by atoms with Gasteiger partial charge >= 0.3 is 13.1 Å². The third-order valence-corrected chi connectivity index (χ3v) is 4.62. The second kappa shape index (κ2) is 7.25. The summed E-state index contributed by atoms with van der Waals surface area (Å²) in [6.07, 6.45) is 0. The summed E-state index contributed by atoms with van der Waals surface area (Å²) >= 11 is 0. The number of esters is 1. The molecule has 6 heteroatoms. The molecule has 0 radical (unpaired) electrons. The molecule has 24 heavy (non-hydrogen) atoms. The predicted molar refractivity (Wildman–Crippen MR) is 93.4 cm³/mol. The Labute approximate surface area is 144 Å². The number of hydrogen-bond acceptors (Lipinski definition) is 5. The number of benzene rings is 1. The van der Waals surface area contributed by atoms with Crippen LogP contribution in [0.3, 0.4) is 0 Å². The lowest BCUT2D eigenvalue weighted by molar-refractivity contribution is 0.00578. The average molecular weight is 334 g/mol. The molecule has 1 fully saturated rings. The van der Waals surface area contributed by atoms with Crippen molar-refractivity contribution in [3.8, 4) is 0 Å². The van der Waals surface area contributed by atoms with Crippen LogP contribution in [0.15, 0.2) is 18.2 Å². The third-order valence-electron chi connectivity index (χ3n) is 4.62. The summed E-state index contributed by atoms with van der Waals surface area (Å²) in [7, 11) is -0.485. The molecule has 0 bridgehead atoms. The fourth-order valence-electron chi connectivity index (χ4n) is 2.48. The Hall–Kier alpha value is -1.37. The van der Waals surface area contributed by atoms with Crippen molar-refractivity contribution in [2.45, 2.75) is 59.4 Å². The average Bonchev–Trinajstić information content (AvgIpc) is 2.73. The van der Waals surface area contributed by atoms with Crippen LogP contribution in [0.4, 0.5) is 0 Å². The van der Waals surface area contributed by atoms with Gasteiger partial charge in [0.25, 0.3) is 0 Å². The van der Waals surface area contributed by atoms with Crippen molar-refractivity contribution in [3.63, 3.8) is 0 Å². The minimum atomic E-state index is -0.485. The van der Waals surface area contributed by atoms with E-state index in [9.17, 15) is 4.79 Å². The second-order valence-corrected chi connectivity index (χ2v) is 6.86. The Morgan fingerprint density at radius 3 is 2.25 bits per heavy atom. The van der Waals surface area contributed by atoms with Gasteiger partial charge in [-0.25, -0.2) is 4.79 Å². The molecule has 0 atom stereocenters. The zero-order valence-electron chi connectivity index (χ0n) is 15.5. The summed E-state index contributed by atoms with van der Waals surface area (Å²) in [5.41, 5.74) is 1.43. The normalized spacial score (nSPS) is 18.7. The highest BCUT2D eigenvalue weighted by Gasteiger charge is 2.52. The van der Waals surface area contributed by atoms with Crippen LogP contribution in [-0.4, -0.2) is 37.5 Å². The molecular formula is C18H27BO5. The smallest absolute Gasteiger partial charge is 0.462 e. The molecule has 0 aromatic heterocycles. The quantitative estimate of drug-likeness (QED) is 0.591. The fourth-order valence-corrected chi connectivity index (χ4v) is 2.48. The van der Waals surface area contributed by atoms with Gasteiger partial charge in [0.15, 0.2) is 0 Å². The van der Waals surface area contributed by atoms with Gasteiger partial charge in [0, 0.05) is 6.61 Å². The maximum Gasteiger partial charge on any atom is 0.495 e. The molecule has 1 heterocycles. The first-order valence-corrected chi connectivity index (χ1v) is 8.45. The molecule has 1 aromatic rings. The molecule has 1 aliphatic rings. The van der Waals surface area contributed by atoms with Gasteiger partial charge in [-0.2, -0.15) is 0 Å². The molecule has 0 unspecified atom stereocenters. The van der Waals surface area contributed by atoms with E-state index >= 15 is 0 Å². The molecule has 0 aliphatic carbocycles. The van der Waals surface area contributed by atoms with Crippen LogP contribution in [-0.2, 0) is 25.4 Å². The molecule has 2 rings (SSSR count). The van der Waals surface area contributed by atoms with Crippen LogP contribution in [0.5, 0.6) is 0 Å². The van der Waals surface area contributed by atoms with Gasteiger partial charge in [0.2, 0.25) is 0 Å². The Kier molecular flexibility index (Phi) is 5.73. The molecule has 5 nitrogen and oxygen atoms in total. The van der Waals surface area contributed by atoms with Crippen LogP contribution >= 0.6 is 0 Å². The predicted octanol–water partition coefficient (Wildman–Crippen LogP) is 2.70. The molecule has 0 spiro atoms. The highest BCUT2D eigenvalue weighted by Crippen LogP contribution is 2.36. The van der Waals surface area contributed by atoms with Crippen molar-refractivity contribution >= 4 is 18.6 Å². The molecular weight excluding hydrogens is 307 g/mol. The lowest BCUT2D eigenvalue weighted by Crippen LogP contribution is -2.41. The van der Waals surface area contributed by atoms with E-state index in [1.54, 1.807) is 19.1 Å². The van der Waals surface area contributed by atoms with Crippen LogP contribution in [0.2, 0.25) is 0 Å². The Morgan fingerprint density at radius 2 is 1.71 bits per heavy atom. The fraction of sp³-hybridized carbons (Fsp3) is 0.611. The van der Waals surface area contributed by atoms with Gasteiger partial charge in [0.1, 0.15) is 0 Å². The van der Waals surface area contributed by atoms with Crippen molar-refractivity contribution in [2.75, 3.05) is 13.2 Å². The van der Waals surface area contributed by atoms with Crippen molar-refractivity contribution < 1.29 is 23.6 Å². The Bertz CT molecular complexity index is 581. The van der Waals surface area contributed by atoms with Crippen LogP contribution in [0.25, 0.3) is 0 Å². The van der Waals surface area contributed by atoms with Gasteiger partial charge in [-0.15, -0.1) is 0 Å². The number of carbonyl (C=O) groups excluding carboxylic acids is 1.